The summed E-state index contributed by atoms with van der Waals surface area (Å²) in [6.07, 6.45) is 4.05. The van der Waals surface area contributed by atoms with Crippen LogP contribution in [0.15, 0.2) is 35.2 Å². The Morgan fingerprint density at radius 1 is 1.23 bits per heavy atom. The van der Waals surface area contributed by atoms with Gasteiger partial charge in [0.15, 0.2) is 9.84 Å². The van der Waals surface area contributed by atoms with Crippen LogP contribution in [0, 0.1) is 5.92 Å². The number of methoxy groups -OCH3 is 1. The highest BCUT2D eigenvalue weighted by molar-refractivity contribution is 7.91. The molecule has 4 rings (SSSR count). The van der Waals surface area contributed by atoms with Gasteiger partial charge < -0.3 is 9.72 Å². The number of sulfone groups is 1. The van der Waals surface area contributed by atoms with Crippen LogP contribution in [-0.4, -0.2) is 43.8 Å². The molecule has 6 heteroatoms. The summed E-state index contributed by atoms with van der Waals surface area (Å²) < 4.78 is 29.9. The van der Waals surface area contributed by atoms with Crippen LogP contribution in [0.5, 0.6) is 5.75 Å². The van der Waals surface area contributed by atoms with E-state index in [1.165, 1.54) is 31.5 Å². The third-order valence-corrected chi connectivity index (χ3v) is 7.58. The predicted molar refractivity (Wildman–Crippen MR) is 102 cm³/mol. The van der Waals surface area contributed by atoms with Crippen LogP contribution in [0.4, 0.5) is 0 Å². The molecule has 2 unspecified atom stereocenters. The maximum atomic E-state index is 12.2. The van der Waals surface area contributed by atoms with E-state index in [0.717, 1.165) is 29.8 Å². The number of hydrogen-bond donors (Lipinski definition) is 1. The van der Waals surface area contributed by atoms with Crippen LogP contribution in [0.1, 0.15) is 31.9 Å². The number of benzene rings is 1. The molecule has 2 heterocycles. The summed E-state index contributed by atoms with van der Waals surface area (Å²) in [6, 6.07) is 9.92. The van der Waals surface area contributed by atoms with Gasteiger partial charge in [0.25, 0.3) is 0 Å². The Morgan fingerprint density at radius 2 is 2.08 bits per heavy atom. The molecule has 1 aliphatic heterocycles. The summed E-state index contributed by atoms with van der Waals surface area (Å²) in [5.74, 6) is 1.64. The van der Waals surface area contributed by atoms with E-state index in [9.17, 15) is 8.42 Å². The molecule has 1 aromatic carbocycles. The molecule has 0 radical (unpaired) electrons. The van der Waals surface area contributed by atoms with Gasteiger partial charge in [0.05, 0.1) is 17.8 Å². The van der Waals surface area contributed by atoms with Gasteiger partial charge >= 0.3 is 0 Å². The van der Waals surface area contributed by atoms with E-state index in [4.69, 9.17) is 4.74 Å². The first-order valence-corrected chi connectivity index (χ1v) is 11.0. The van der Waals surface area contributed by atoms with Crippen molar-refractivity contribution in [1.29, 1.82) is 0 Å². The lowest BCUT2D eigenvalue weighted by Gasteiger charge is -2.26. The second-order valence-corrected chi connectivity index (χ2v) is 9.70. The molecular weight excluding hydrogens is 348 g/mol. The van der Waals surface area contributed by atoms with E-state index in [-0.39, 0.29) is 5.75 Å². The lowest BCUT2D eigenvalue weighted by Crippen LogP contribution is -2.31. The number of piperidine rings is 1. The lowest BCUT2D eigenvalue weighted by molar-refractivity contribution is 0.203. The number of aromatic nitrogens is 1. The maximum Gasteiger partial charge on any atom is 0.178 e. The summed E-state index contributed by atoms with van der Waals surface area (Å²) in [4.78, 5) is 6.38. The molecule has 1 aliphatic carbocycles. The highest BCUT2D eigenvalue weighted by Gasteiger charge is 2.37. The van der Waals surface area contributed by atoms with Crippen LogP contribution >= 0.6 is 0 Å². The molecule has 0 amide bonds. The van der Waals surface area contributed by atoms with E-state index in [1.54, 1.807) is 32.2 Å². The number of H-pyrrole nitrogens is 1. The van der Waals surface area contributed by atoms with E-state index in [0.29, 0.717) is 10.6 Å². The Kier molecular flexibility index (Phi) is 4.57. The summed E-state index contributed by atoms with van der Waals surface area (Å²) in [7, 11) is -1.64. The normalized spacial score (nSPS) is 22.8. The van der Waals surface area contributed by atoms with E-state index in [2.05, 4.69) is 16.0 Å². The fourth-order valence-electron chi connectivity index (χ4n) is 4.39. The lowest BCUT2D eigenvalue weighted by atomic mass is 10.1. The van der Waals surface area contributed by atoms with Gasteiger partial charge in [-0.1, -0.05) is 6.92 Å². The van der Waals surface area contributed by atoms with Crippen LogP contribution < -0.4 is 4.74 Å². The Labute approximate surface area is 155 Å². The standard InChI is InChI=1S/C20H26N2O3S/c1-3-26(23,24)17-7-9-20(25-2)18(11-17)19-8-5-15(21-19)13-22-12-14-4-6-16(22)10-14/h5,7-9,11,14,16,21H,3-4,6,10,12-13H2,1-2H3. The van der Waals surface area contributed by atoms with Gasteiger partial charge in [-0.3, -0.25) is 4.90 Å². The van der Waals surface area contributed by atoms with Crippen molar-refractivity contribution in [2.45, 2.75) is 43.7 Å². The first-order valence-electron chi connectivity index (χ1n) is 9.33. The van der Waals surface area contributed by atoms with Crippen molar-refractivity contribution in [3.63, 3.8) is 0 Å². The largest absolute Gasteiger partial charge is 0.496 e. The molecule has 26 heavy (non-hydrogen) atoms. The topological polar surface area (TPSA) is 62.4 Å². The highest BCUT2D eigenvalue weighted by atomic mass is 32.2. The van der Waals surface area contributed by atoms with Crippen LogP contribution in [0.3, 0.4) is 0 Å². The van der Waals surface area contributed by atoms with Crippen molar-refractivity contribution in [1.82, 2.24) is 9.88 Å². The SMILES string of the molecule is CCS(=O)(=O)c1ccc(OC)c(-c2ccc(CN3CC4CCC3C4)[nH]2)c1. The van der Waals surface area contributed by atoms with Crippen molar-refractivity contribution in [3.8, 4) is 17.0 Å². The molecule has 2 fully saturated rings. The minimum absolute atomic E-state index is 0.0895. The van der Waals surface area contributed by atoms with Crippen molar-refractivity contribution >= 4 is 9.84 Å². The third kappa shape index (κ3) is 3.16. The Bertz CT molecular complexity index is 904. The second kappa shape index (κ2) is 6.74. The number of hydrogen-bond acceptors (Lipinski definition) is 4. The van der Waals surface area contributed by atoms with Crippen molar-refractivity contribution in [2.24, 2.45) is 5.92 Å². The van der Waals surface area contributed by atoms with Crippen molar-refractivity contribution < 1.29 is 13.2 Å². The summed E-state index contributed by atoms with van der Waals surface area (Å²) >= 11 is 0. The number of rotatable bonds is 6. The zero-order valence-corrected chi connectivity index (χ0v) is 16.2. The number of nitrogens with one attached hydrogen (secondary N) is 1. The molecule has 2 aromatic rings. The number of fused-ring (bicyclic) bond motifs is 2. The van der Waals surface area contributed by atoms with Gasteiger partial charge in [0.2, 0.25) is 0 Å². The van der Waals surface area contributed by atoms with Crippen LogP contribution in [-0.2, 0) is 16.4 Å². The fraction of sp³-hybridized carbons (Fsp3) is 0.500. The average Bonchev–Trinajstić information content (AvgIpc) is 3.38. The molecule has 2 bridgehead atoms. The maximum absolute atomic E-state index is 12.2. The zero-order valence-electron chi connectivity index (χ0n) is 15.4. The van der Waals surface area contributed by atoms with E-state index in [1.807, 2.05) is 6.07 Å². The summed E-state index contributed by atoms with van der Waals surface area (Å²) in [6.45, 7) is 3.79. The van der Waals surface area contributed by atoms with Crippen LogP contribution in [0.25, 0.3) is 11.3 Å². The Balaban J connectivity index is 1.61. The van der Waals surface area contributed by atoms with Gasteiger partial charge in [-0.2, -0.15) is 0 Å². The molecule has 2 atom stereocenters. The number of aromatic amines is 1. The first-order chi connectivity index (χ1) is 12.5. The highest BCUT2D eigenvalue weighted by Crippen LogP contribution is 2.38. The van der Waals surface area contributed by atoms with Gasteiger partial charge in [-0.15, -0.1) is 0 Å². The van der Waals surface area contributed by atoms with Gasteiger partial charge in [0, 0.05) is 36.1 Å². The molecule has 2 aliphatic rings. The summed E-state index contributed by atoms with van der Waals surface area (Å²) in [5.41, 5.74) is 2.85. The summed E-state index contributed by atoms with van der Waals surface area (Å²) in [5, 5.41) is 0. The monoisotopic (exact) mass is 374 g/mol. The van der Waals surface area contributed by atoms with Crippen molar-refractivity contribution in [3.05, 3.63) is 36.0 Å². The molecule has 1 N–H and O–H groups in total. The fourth-order valence-corrected chi connectivity index (χ4v) is 5.29. The Hall–Kier alpha value is -1.79. The zero-order chi connectivity index (χ0) is 18.3. The van der Waals surface area contributed by atoms with E-state index < -0.39 is 9.84 Å². The number of ether oxygens (including phenoxy) is 1. The molecule has 0 spiro atoms. The van der Waals surface area contributed by atoms with Crippen molar-refractivity contribution in [2.75, 3.05) is 19.4 Å². The number of likely N-dealkylation sites (tertiary alicyclic amines) is 1. The molecule has 140 valence electrons. The minimum Gasteiger partial charge on any atom is -0.496 e. The molecule has 1 saturated carbocycles. The van der Waals surface area contributed by atoms with Gasteiger partial charge in [-0.25, -0.2) is 8.42 Å². The van der Waals surface area contributed by atoms with Gasteiger partial charge in [0.1, 0.15) is 5.75 Å². The quantitative estimate of drug-likeness (QED) is 0.841. The molecule has 1 aromatic heterocycles. The predicted octanol–water partition coefficient (Wildman–Crippen LogP) is 3.47. The first kappa shape index (κ1) is 17.6. The minimum atomic E-state index is -3.25. The molecular formula is C20H26N2O3S. The molecule has 1 saturated heterocycles. The smallest absolute Gasteiger partial charge is 0.178 e. The van der Waals surface area contributed by atoms with Crippen LogP contribution in [0.2, 0.25) is 0 Å². The average molecular weight is 375 g/mol. The van der Waals surface area contributed by atoms with E-state index >= 15 is 0 Å². The Morgan fingerprint density at radius 3 is 2.73 bits per heavy atom. The third-order valence-electron chi connectivity index (χ3n) is 5.84. The second-order valence-electron chi connectivity index (χ2n) is 7.43. The number of nitrogens with zero attached hydrogens (tertiary/aromatic N) is 1. The van der Waals surface area contributed by atoms with Gasteiger partial charge in [-0.05, 0) is 55.5 Å². The molecule has 5 nitrogen and oxygen atoms in total.